The smallest absolute Gasteiger partial charge is 0.253 e. The van der Waals surface area contributed by atoms with E-state index in [1.54, 1.807) is 29.2 Å². The molecule has 1 fully saturated rings. The van der Waals surface area contributed by atoms with E-state index in [1.807, 2.05) is 20.2 Å². The predicted octanol–water partition coefficient (Wildman–Crippen LogP) is 1.37. The molecule has 116 valence electrons. The van der Waals surface area contributed by atoms with Crippen molar-refractivity contribution in [2.45, 2.75) is 31.9 Å². The van der Waals surface area contributed by atoms with Gasteiger partial charge in [-0.1, -0.05) is 0 Å². The van der Waals surface area contributed by atoms with Gasteiger partial charge in [0, 0.05) is 30.7 Å². The van der Waals surface area contributed by atoms with E-state index in [0.29, 0.717) is 24.1 Å². The molecule has 2 aromatic rings. The molecule has 6 heteroatoms. The topological polar surface area (TPSA) is 80.0 Å². The molecule has 0 radical (unpaired) electrons. The van der Waals surface area contributed by atoms with Crippen molar-refractivity contribution >= 4 is 5.91 Å². The van der Waals surface area contributed by atoms with E-state index in [4.69, 9.17) is 0 Å². The Morgan fingerprint density at radius 3 is 2.86 bits per heavy atom. The van der Waals surface area contributed by atoms with Crippen molar-refractivity contribution in [1.29, 1.82) is 0 Å². The summed E-state index contributed by atoms with van der Waals surface area (Å²) in [6.07, 6.45) is 6.49. The molecule has 3 rings (SSSR count). The number of rotatable bonds is 4. The maximum atomic E-state index is 12.5. The van der Waals surface area contributed by atoms with Crippen molar-refractivity contribution in [2.24, 2.45) is 13.0 Å². The Bertz CT molecular complexity index is 676. The third-order valence-electron chi connectivity index (χ3n) is 4.24. The predicted molar refractivity (Wildman–Crippen MR) is 81.1 cm³/mol. The second-order valence-electron chi connectivity index (χ2n) is 5.92. The second kappa shape index (κ2) is 5.88. The van der Waals surface area contributed by atoms with Crippen molar-refractivity contribution in [1.82, 2.24) is 20.1 Å². The summed E-state index contributed by atoms with van der Waals surface area (Å²) in [6.45, 7) is 1.82. The number of aromatic nitrogens is 3. The molecule has 6 nitrogen and oxygen atoms in total. The molecule has 0 aromatic carbocycles. The lowest BCUT2D eigenvalue weighted by Crippen LogP contribution is -2.41. The van der Waals surface area contributed by atoms with Gasteiger partial charge < -0.3 is 10.4 Å². The largest absolute Gasteiger partial charge is 0.393 e. The SMILES string of the molecule is Cc1ncccc1C(=O)NC(c1cnn(C)c1)C1CC(O)C1. The van der Waals surface area contributed by atoms with Gasteiger partial charge in [0.2, 0.25) is 0 Å². The lowest BCUT2D eigenvalue weighted by Gasteiger charge is -2.37. The number of aliphatic hydroxyl groups is 1. The number of nitrogens with zero attached hydrogens (tertiary/aromatic N) is 3. The Balaban J connectivity index is 1.81. The van der Waals surface area contributed by atoms with Gasteiger partial charge in [-0.15, -0.1) is 0 Å². The molecule has 0 saturated heterocycles. The molecule has 2 aromatic heterocycles. The summed E-state index contributed by atoms with van der Waals surface area (Å²) in [5, 5.41) is 16.8. The van der Waals surface area contributed by atoms with Crippen molar-refractivity contribution in [3.05, 3.63) is 47.5 Å². The summed E-state index contributed by atoms with van der Waals surface area (Å²) in [5.41, 5.74) is 2.25. The molecule has 22 heavy (non-hydrogen) atoms. The summed E-state index contributed by atoms with van der Waals surface area (Å²) >= 11 is 0. The molecule has 1 atom stereocenters. The van der Waals surface area contributed by atoms with E-state index in [0.717, 1.165) is 5.56 Å². The van der Waals surface area contributed by atoms with Gasteiger partial charge in [-0.2, -0.15) is 5.10 Å². The Morgan fingerprint density at radius 2 is 2.27 bits per heavy atom. The van der Waals surface area contributed by atoms with Gasteiger partial charge in [0.1, 0.15) is 0 Å². The number of hydrogen-bond acceptors (Lipinski definition) is 4. The van der Waals surface area contributed by atoms with Crippen LogP contribution in [-0.2, 0) is 7.05 Å². The first kappa shape index (κ1) is 14.7. The molecule has 1 aliphatic carbocycles. The Hall–Kier alpha value is -2.21. The van der Waals surface area contributed by atoms with E-state index >= 15 is 0 Å². The number of nitrogens with one attached hydrogen (secondary N) is 1. The van der Waals surface area contributed by atoms with Crippen molar-refractivity contribution in [3.8, 4) is 0 Å². The quantitative estimate of drug-likeness (QED) is 0.893. The van der Waals surface area contributed by atoms with Crippen LogP contribution in [0.25, 0.3) is 0 Å². The number of hydrogen-bond donors (Lipinski definition) is 2. The van der Waals surface area contributed by atoms with Crippen LogP contribution < -0.4 is 5.32 Å². The van der Waals surface area contributed by atoms with E-state index in [-0.39, 0.29) is 24.0 Å². The third-order valence-corrected chi connectivity index (χ3v) is 4.24. The summed E-state index contributed by atoms with van der Waals surface area (Å²) in [7, 11) is 1.85. The average molecular weight is 300 g/mol. The van der Waals surface area contributed by atoms with Crippen LogP contribution in [0.2, 0.25) is 0 Å². The molecule has 1 amide bonds. The highest BCUT2D eigenvalue weighted by atomic mass is 16.3. The minimum atomic E-state index is -0.263. The first-order valence-electron chi connectivity index (χ1n) is 7.43. The summed E-state index contributed by atoms with van der Waals surface area (Å²) in [6, 6.07) is 3.39. The van der Waals surface area contributed by atoms with Gasteiger partial charge in [0.25, 0.3) is 5.91 Å². The zero-order chi connectivity index (χ0) is 15.7. The fourth-order valence-corrected chi connectivity index (χ4v) is 2.92. The van der Waals surface area contributed by atoms with Gasteiger partial charge in [-0.25, -0.2) is 0 Å². The first-order valence-corrected chi connectivity index (χ1v) is 7.43. The standard InChI is InChI=1S/C16H20N4O2/c1-10-14(4-3-5-17-10)16(22)19-15(11-6-13(21)7-11)12-8-18-20(2)9-12/h3-5,8-9,11,13,15,21H,6-7H2,1-2H3,(H,19,22). The summed E-state index contributed by atoms with van der Waals surface area (Å²) < 4.78 is 1.72. The Morgan fingerprint density at radius 1 is 1.50 bits per heavy atom. The van der Waals surface area contributed by atoms with Crippen LogP contribution in [0.3, 0.4) is 0 Å². The van der Waals surface area contributed by atoms with E-state index < -0.39 is 0 Å². The zero-order valence-corrected chi connectivity index (χ0v) is 12.7. The number of amides is 1. The molecule has 0 aliphatic heterocycles. The fraction of sp³-hybridized carbons (Fsp3) is 0.438. The molecule has 2 heterocycles. The molecule has 0 spiro atoms. The number of aryl methyl sites for hydroxylation is 2. The minimum absolute atomic E-state index is 0.135. The number of aliphatic hydroxyl groups excluding tert-OH is 1. The fourth-order valence-electron chi connectivity index (χ4n) is 2.92. The number of carbonyl (C=O) groups excluding carboxylic acids is 1. The van der Waals surface area contributed by atoms with Gasteiger partial charge in [0.05, 0.1) is 23.9 Å². The van der Waals surface area contributed by atoms with Crippen LogP contribution in [0, 0.1) is 12.8 Å². The molecular formula is C16H20N4O2. The molecule has 1 saturated carbocycles. The molecule has 1 unspecified atom stereocenters. The maximum Gasteiger partial charge on any atom is 0.253 e. The Kier molecular flexibility index (Phi) is 3.94. The third kappa shape index (κ3) is 2.87. The van der Waals surface area contributed by atoms with Crippen LogP contribution in [0.1, 0.15) is 40.5 Å². The maximum absolute atomic E-state index is 12.5. The Labute approximate surface area is 129 Å². The van der Waals surface area contributed by atoms with E-state index in [2.05, 4.69) is 15.4 Å². The van der Waals surface area contributed by atoms with Gasteiger partial charge >= 0.3 is 0 Å². The first-order chi connectivity index (χ1) is 10.5. The monoisotopic (exact) mass is 300 g/mol. The van der Waals surface area contributed by atoms with E-state index in [9.17, 15) is 9.90 Å². The highest BCUT2D eigenvalue weighted by molar-refractivity contribution is 5.95. The van der Waals surface area contributed by atoms with Crippen LogP contribution in [0.5, 0.6) is 0 Å². The number of pyridine rings is 1. The lowest BCUT2D eigenvalue weighted by molar-refractivity contribution is 0.0235. The minimum Gasteiger partial charge on any atom is -0.393 e. The van der Waals surface area contributed by atoms with Crippen LogP contribution in [0.4, 0.5) is 0 Å². The molecule has 1 aliphatic rings. The van der Waals surface area contributed by atoms with Crippen molar-refractivity contribution in [2.75, 3.05) is 0 Å². The van der Waals surface area contributed by atoms with Gasteiger partial charge in [-0.05, 0) is 37.8 Å². The number of carbonyl (C=O) groups is 1. The normalized spacial score (nSPS) is 22.0. The lowest BCUT2D eigenvalue weighted by atomic mass is 9.75. The van der Waals surface area contributed by atoms with Crippen molar-refractivity contribution < 1.29 is 9.90 Å². The van der Waals surface area contributed by atoms with Gasteiger partial charge in [0.15, 0.2) is 0 Å². The highest BCUT2D eigenvalue weighted by Crippen LogP contribution is 2.38. The van der Waals surface area contributed by atoms with Crippen LogP contribution >= 0.6 is 0 Å². The molecular weight excluding hydrogens is 280 g/mol. The summed E-state index contributed by atoms with van der Waals surface area (Å²) in [4.78, 5) is 16.7. The van der Waals surface area contributed by atoms with Crippen LogP contribution in [0.15, 0.2) is 30.7 Å². The van der Waals surface area contributed by atoms with E-state index in [1.165, 1.54) is 0 Å². The van der Waals surface area contributed by atoms with Crippen LogP contribution in [-0.4, -0.2) is 31.9 Å². The highest BCUT2D eigenvalue weighted by Gasteiger charge is 2.36. The molecule has 2 N–H and O–H groups in total. The zero-order valence-electron chi connectivity index (χ0n) is 12.7. The van der Waals surface area contributed by atoms with Crippen molar-refractivity contribution in [3.63, 3.8) is 0 Å². The second-order valence-corrected chi connectivity index (χ2v) is 5.92. The van der Waals surface area contributed by atoms with Gasteiger partial charge in [-0.3, -0.25) is 14.5 Å². The summed E-state index contributed by atoms with van der Waals surface area (Å²) in [5.74, 6) is 0.0981. The average Bonchev–Trinajstić information content (AvgIpc) is 2.88. The molecule has 0 bridgehead atoms.